The number of hydrogen-bond donors (Lipinski definition) is 1. The third kappa shape index (κ3) is 4.12. The minimum Gasteiger partial charge on any atom is -0.487 e. The van der Waals surface area contributed by atoms with Crippen LogP contribution in [0, 0.1) is 18.3 Å². The Hall–Kier alpha value is -2.26. The average molecular weight is 314 g/mol. The predicted molar refractivity (Wildman–Crippen MR) is 87.7 cm³/mol. The van der Waals surface area contributed by atoms with Gasteiger partial charge in [-0.25, -0.2) is 9.97 Å². The molecule has 1 heterocycles. The molecule has 2 aromatic rings. The molecular formula is C16H18N4OS. The van der Waals surface area contributed by atoms with Crippen LogP contribution in [-0.2, 0) is 6.61 Å². The summed E-state index contributed by atoms with van der Waals surface area (Å²) >= 11 is 1.50. The Labute approximate surface area is 134 Å². The number of rotatable bonds is 5. The molecule has 2 N–H and O–H groups in total. The van der Waals surface area contributed by atoms with Gasteiger partial charge in [0.25, 0.3) is 0 Å². The first-order valence-electron chi connectivity index (χ1n) is 6.92. The number of nitrogen functional groups attached to an aromatic ring is 1. The van der Waals surface area contributed by atoms with E-state index >= 15 is 0 Å². The third-order valence-electron chi connectivity index (χ3n) is 2.81. The zero-order valence-corrected chi connectivity index (χ0v) is 13.6. The lowest BCUT2D eigenvalue weighted by atomic mass is 10.2. The monoisotopic (exact) mass is 314 g/mol. The maximum absolute atomic E-state index is 9.24. The highest BCUT2D eigenvalue weighted by molar-refractivity contribution is 7.99. The van der Waals surface area contributed by atoms with Crippen LogP contribution in [0.5, 0.6) is 5.75 Å². The second-order valence-corrected chi connectivity index (χ2v) is 6.64. The van der Waals surface area contributed by atoms with Gasteiger partial charge in [0.2, 0.25) is 0 Å². The van der Waals surface area contributed by atoms with Crippen LogP contribution < -0.4 is 10.5 Å². The Balaban J connectivity index is 2.24. The number of ether oxygens (including phenoxy) is 1. The van der Waals surface area contributed by atoms with Gasteiger partial charge < -0.3 is 10.5 Å². The van der Waals surface area contributed by atoms with Crippen LogP contribution in [0.2, 0.25) is 0 Å². The molecule has 0 atom stereocenters. The zero-order valence-electron chi connectivity index (χ0n) is 12.8. The van der Waals surface area contributed by atoms with E-state index in [0.717, 1.165) is 11.3 Å². The molecule has 0 bridgehead atoms. The summed E-state index contributed by atoms with van der Waals surface area (Å²) in [6.45, 7) is 6.27. The van der Waals surface area contributed by atoms with E-state index in [0.29, 0.717) is 16.1 Å². The van der Waals surface area contributed by atoms with E-state index in [1.807, 2.05) is 45.0 Å². The Morgan fingerprint density at radius 1 is 1.36 bits per heavy atom. The summed E-state index contributed by atoms with van der Waals surface area (Å²) in [5, 5.41) is 10.1. The van der Waals surface area contributed by atoms with Gasteiger partial charge in [0.05, 0.1) is 0 Å². The van der Waals surface area contributed by atoms with Crippen molar-refractivity contribution in [2.45, 2.75) is 37.8 Å². The van der Waals surface area contributed by atoms with Crippen molar-refractivity contribution in [2.24, 2.45) is 0 Å². The first-order valence-corrected chi connectivity index (χ1v) is 7.80. The summed E-state index contributed by atoms with van der Waals surface area (Å²) in [4.78, 5) is 8.57. The molecule has 22 heavy (non-hydrogen) atoms. The topological polar surface area (TPSA) is 84.8 Å². The van der Waals surface area contributed by atoms with Crippen LogP contribution in [0.15, 0.2) is 29.4 Å². The molecule has 0 unspecified atom stereocenters. The number of aryl methyl sites for hydroxylation is 1. The van der Waals surface area contributed by atoms with Gasteiger partial charge in [0.1, 0.15) is 35.5 Å². The summed E-state index contributed by atoms with van der Waals surface area (Å²) in [6, 6.07) is 9.77. The van der Waals surface area contributed by atoms with Gasteiger partial charge in [-0.05, 0) is 24.6 Å². The number of nitrogens with two attached hydrogens (primary N) is 1. The summed E-state index contributed by atoms with van der Waals surface area (Å²) in [5.74, 6) is 0.933. The van der Waals surface area contributed by atoms with Gasteiger partial charge in [-0.15, -0.1) is 0 Å². The maximum Gasteiger partial charge on any atom is 0.190 e. The number of nitriles is 1. The van der Waals surface area contributed by atoms with Crippen LogP contribution in [0.1, 0.15) is 30.7 Å². The highest BCUT2D eigenvalue weighted by atomic mass is 32.2. The average Bonchev–Trinajstić information content (AvgIpc) is 2.44. The fourth-order valence-electron chi connectivity index (χ4n) is 1.85. The van der Waals surface area contributed by atoms with Crippen LogP contribution in [0.3, 0.4) is 0 Å². The molecule has 5 nitrogen and oxygen atoms in total. The minimum atomic E-state index is 0.185. The lowest BCUT2D eigenvalue weighted by Gasteiger charge is -2.11. The van der Waals surface area contributed by atoms with Gasteiger partial charge in [-0.1, -0.05) is 37.7 Å². The van der Waals surface area contributed by atoms with Crippen molar-refractivity contribution in [3.05, 3.63) is 41.1 Å². The number of nitrogens with zero attached hydrogens (tertiary/aromatic N) is 3. The van der Waals surface area contributed by atoms with Crippen molar-refractivity contribution >= 4 is 17.6 Å². The molecular weight excluding hydrogens is 296 g/mol. The van der Waals surface area contributed by atoms with Crippen LogP contribution in [0.4, 0.5) is 5.82 Å². The van der Waals surface area contributed by atoms with Crippen molar-refractivity contribution in [1.29, 1.82) is 5.26 Å². The summed E-state index contributed by atoms with van der Waals surface area (Å²) < 4.78 is 5.72. The van der Waals surface area contributed by atoms with E-state index in [-0.39, 0.29) is 18.0 Å². The van der Waals surface area contributed by atoms with E-state index in [9.17, 15) is 5.26 Å². The number of thioether (sulfide) groups is 1. The second-order valence-electron chi connectivity index (χ2n) is 5.10. The molecule has 2 rings (SSSR count). The molecule has 0 fully saturated rings. The van der Waals surface area contributed by atoms with Gasteiger partial charge in [0, 0.05) is 5.25 Å². The highest BCUT2D eigenvalue weighted by Gasteiger charge is 2.14. The highest BCUT2D eigenvalue weighted by Crippen LogP contribution is 2.24. The van der Waals surface area contributed by atoms with Crippen LogP contribution in [-0.4, -0.2) is 15.2 Å². The number of benzene rings is 1. The van der Waals surface area contributed by atoms with E-state index in [1.54, 1.807) is 0 Å². The largest absolute Gasteiger partial charge is 0.487 e. The fourth-order valence-corrected chi connectivity index (χ4v) is 2.59. The van der Waals surface area contributed by atoms with E-state index in [4.69, 9.17) is 10.5 Å². The molecule has 0 saturated heterocycles. The number of anilines is 1. The molecule has 1 aromatic heterocycles. The second kappa shape index (κ2) is 7.14. The third-order valence-corrected chi connectivity index (χ3v) is 3.67. The van der Waals surface area contributed by atoms with E-state index in [2.05, 4.69) is 16.0 Å². The van der Waals surface area contributed by atoms with Crippen molar-refractivity contribution in [1.82, 2.24) is 9.97 Å². The van der Waals surface area contributed by atoms with Crippen molar-refractivity contribution in [3.8, 4) is 11.8 Å². The van der Waals surface area contributed by atoms with Gasteiger partial charge >= 0.3 is 0 Å². The minimum absolute atomic E-state index is 0.185. The molecule has 1 aromatic carbocycles. The van der Waals surface area contributed by atoms with Crippen molar-refractivity contribution < 1.29 is 4.74 Å². The molecule has 0 radical (unpaired) electrons. The van der Waals surface area contributed by atoms with Gasteiger partial charge in [0.15, 0.2) is 5.16 Å². The number of aromatic nitrogens is 2. The Bertz CT molecular complexity index is 710. The number of hydrogen-bond acceptors (Lipinski definition) is 6. The lowest BCUT2D eigenvalue weighted by Crippen LogP contribution is -2.09. The standard InChI is InChI=1S/C16H18N4OS/c1-10(2)22-16-19-14(13(8-17)15(18)20-16)9-21-12-6-4-5-11(3)7-12/h4-7,10H,9H2,1-3H3,(H2,18,19,20). The summed E-state index contributed by atoms with van der Waals surface area (Å²) in [6.07, 6.45) is 0. The first kappa shape index (κ1) is 16.1. The lowest BCUT2D eigenvalue weighted by molar-refractivity contribution is 0.299. The smallest absolute Gasteiger partial charge is 0.190 e. The Morgan fingerprint density at radius 2 is 2.14 bits per heavy atom. The first-order chi connectivity index (χ1) is 10.5. The SMILES string of the molecule is Cc1cccc(OCc2nc(SC(C)C)nc(N)c2C#N)c1. The van der Waals surface area contributed by atoms with E-state index < -0.39 is 0 Å². The zero-order chi connectivity index (χ0) is 16.1. The molecule has 0 aliphatic rings. The Kier molecular flexibility index (Phi) is 5.23. The molecule has 114 valence electrons. The molecule has 0 amide bonds. The molecule has 0 spiro atoms. The Morgan fingerprint density at radius 3 is 2.77 bits per heavy atom. The summed E-state index contributed by atoms with van der Waals surface area (Å²) in [5.41, 5.74) is 7.76. The predicted octanol–water partition coefficient (Wildman–Crippen LogP) is 3.32. The fraction of sp³-hybridized carbons (Fsp3) is 0.312. The molecule has 6 heteroatoms. The van der Waals surface area contributed by atoms with Crippen LogP contribution in [0.25, 0.3) is 0 Å². The quantitative estimate of drug-likeness (QED) is 0.673. The van der Waals surface area contributed by atoms with E-state index in [1.165, 1.54) is 11.8 Å². The van der Waals surface area contributed by atoms with Gasteiger partial charge in [-0.3, -0.25) is 0 Å². The molecule has 0 saturated carbocycles. The normalized spacial score (nSPS) is 10.5. The van der Waals surface area contributed by atoms with Crippen molar-refractivity contribution in [3.63, 3.8) is 0 Å². The van der Waals surface area contributed by atoms with Crippen molar-refractivity contribution in [2.75, 3.05) is 5.73 Å². The summed E-state index contributed by atoms with van der Waals surface area (Å²) in [7, 11) is 0. The molecule has 0 aliphatic heterocycles. The van der Waals surface area contributed by atoms with Gasteiger partial charge in [-0.2, -0.15) is 5.26 Å². The van der Waals surface area contributed by atoms with Crippen LogP contribution >= 0.6 is 11.8 Å². The molecule has 0 aliphatic carbocycles. The maximum atomic E-state index is 9.24.